The average Bonchev–Trinajstić information content (AvgIpc) is 3.49. The van der Waals surface area contributed by atoms with Crippen LogP contribution in [0.5, 0.6) is 5.75 Å². The van der Waals surface area contributed by atoms with Crippen LogP contribution in [-0.4, -0.2) is 38.7 Å². The normalized spacial score (nSPS) is 10.9. The SMILES string of the molecule is COc1ccc(-c2nnc(SCC(=O)Nc3cc(C)no3)n2Cc2ccco2)cc1. The van der Waals surface area contributed by atoms with E-state index in [9.17, 15) is 4.79 Å². The monoisotopic (exact) mass is 425 g/mol. The Hall–Kier alpha value is -3.53. The van der Waals surface area contributed by atoms with Crippen molar-refractivity contribution in [1.29, 1.82) is 0 Å². The zero-order valence-corrected chi connectivity index (χ0v) is 17.2. The molecule has 10 heteroatoms. The lowest BCUT2D eigenvalue weighted by Gasteiger charge is -2.09. The third kappa shape index (κ3) is 4.54. The number of furan rings is 1. The summed E-state index contributed by atoms with van der Waals surface area (Å²) >= 11 is 1.28. The summed E-state index contributed by atoms with van der Waals surface area (Å²) < 4.78 is 17.6. The Balaban J connectivity index is 1.54. The van der Waals surface area contributed by atoms with Crippen molar-refractivity contribution in [2.75, 3.05) is 18.2 Å². The lowest BCUT2D eigenvalue weighted by molar-refractivity contribution is -0.113. The van der Waals surface area contributed by atoms with E-state index in [-0.39, 0.29) is 11.7 Å². The molecule has 1 aromatic carbocycles. The summed E-state index contributed by atoms with van der Waals surface area (Å²) in [5.74, 6) is 2.41. The number of benzene rings is 1. The minimum Gasteiger partial charge on any atom is -0.497 e. The van der Waals surface area contributed by atoms with E-state index in [0.717, 1.165) is 17.1 Å². The smallest absolute Gasteiger partial charge is 0.237 e. The maximum atomic E-state index is 12.3. The summed E-state index contributed by atoms with van der Waals surface area (Å²) in [6.07, 6.45) is 1.62. The molecule has 4 rings (SSSR count). The Kier molecular flexibility index (Phi) is 5.84. The first-order valence-corrected chi connectivity index (χ1v) is 10.1. The van der Waals surface area contributed by atoms with Crippen LogP contribution in [0.25, 0.3) is 11.4 Å². The van der Waals surface area contributed by atoms with Crippen LogP contribution in [0, 0.1) is 6.92 Å². The number of methoxy groups -OCH3 is 1. The Morgan fingerprint density at radius 1 is 1.23 bits per heavy atom. The second-order valence-electron chi connectivity index (χ2n) is 6.37. The first-order valence-electron chi connectivity index (χ1n) is 9.08. The molecule has 0 aliphatic carbocycles. The van der Waals surface area contributed by atoms with Gasteiger partial charge in [-0.2, -0.15) is 0 Å². The number of aryl methyl sites for hydroxylation is 1. The number of nitrogens with one attached hydrogen (secondary N) is 1. The molecule has 0 unspecified atom stereocenters. The van der Waals surface area contributed by atoms with E-state index < -0.39 is 0 Å². The predicted octanol–water partition coefficient (Wildman–Crippen LogP) is 3.62. The highest BCUT2D eigenvalue weighted by Crippen LogP contribution is 2.27. The number of rotatable bonds is 8. The van der Waals surface area contributed by atoms with Gasteiger partial charge in [0, 0.05) is 11.6 Å². The molecule has 0 saturated heterocycles. The molecule has 9 nitrogen and oxygen atoms in total. The van der Waals surface area contributed by atoms with Gasteiger partial charge in [-0.25, -0.2) is 0 Å². The highest BCUT2D eigenvalue weighted by Gasteiger charge is 2.17. The molecule has 1 N–H and O–H groups in total. The van der Waals surface area contributed by atoms with Crippen LogP contribution in [0.15, 0.2) is 62.8 Å². The Morgan fingerprint density at radius 3 is 2.73 bits per heavy atom. The molecule has 0 aliphatic rings. The number of thioether (sulfide) groups is 1. The Labute approximate surface area is 176 Å². The molecule has 4 aromatic rings. The van der Waals surface area contributed by atoms with Gasteiger partial charge >= 0.3 is 0 Å². The lowest BCUT2D eigenvalue weighted by Crippen LogP contribution is -2.14. The molecule has 0 saturated carbocycles. The fraction of sp³-hybridized carbons (Fsp3) is 0.200. The van der Waals surface area contributed by atoms with Gasteiger partial charge in [-0.05, 0) is 43.3 Å². The van der Waals surface area contributed by atoms with E-state index in [1.54, 1.807) is 26.4 Å². The fourth-order valence-corrected chi connectivity index (χ4v) is 3.51. The summed E-state index contributed by atoms with van der Waals surface area (Å²) in [7, 11) is 1.62. The van der Waals surface area contributed by atoms with E-state index in [1.165, 1.54) is 11.8 Å². The number of aromatic nitrogens is 4. The van der Waals surface area contributed by atoms with E-state index in [1.807, 2.05) is 41.0 Å². The number of ether oxygens (including phenoxy) is 1. The van der Waals surface area contributed by atoms with Crippen LogP contribution in [0.3, 0.4) is 0 Å². The van der Waals surface area contributed by atoms with Gasteiger partial charge in [0.25, 0.3) is 0 Å². The molecule has 0 radical (unpaired) electrons. The quantitative estimate of drug-likeness (QED) is 0.427. The number of anilines is 1. The average molecular weight is 425 g/mol. The highest BCUT2D eigenvalue weighted by atomic mass is 32.2. The number of nitrogens with zero attached hydrogens (tertiary/aromatic N) is 4. The second kappa shape index (κ2) is 8.87. The van der Waals surface area contributed by atoms with Gasteiger partial charge in [0.1, 0.15) is 11.5 Å². The van der Waals surface area contributed by atoms with Crippen LogP contribution < -0.4 is 10.1 Å². The standard InChI is InChI=1S/C20H19N5O4S/c1-13-10-18(29-24-13)21-17(26)12-30-20-23-22-19(14-5-7-15(27-2)8-6-14)25(20)11-16-4-3-9-28-16/h3-10H,11-12H2,1-2H3,(H,21,26). The lowest BCUT2D eigenvalue weighted by atomic mass is 10.2. The van der Waals surface area contributed by atoms with Gasteiger partial charge in [-0.1, -0.05) is 16.9 Å². The molecule has 3 aromatic heterocycles. The van der Waals surface area contributed by atoms with Crippen LogP contribution in [0.1, 0.15) is 11.5 Å². The minimum absolute atomic E-state index is 0.138. The summed E-state index contributed by atoms with van der Waals surface area (Å²) in [5.41, 5.74) is 1.57. The van der Waals surface area contributed by atoms with Crippen molar-refractivity contribution in [3.8, 4) is 17.1 Å². The van der Waals surface area contributed by atoms with Gasteiger partial charge in [-0.3, -0.25) is 14.7 Å². The van der Waals surface area contributed by atoms with E-state index in [4.69, 9.17) is 13.7 Å². The van der Waals surface area contributed by atoms with Gasteiger partial charge in [0.2, 0.25) is 11.8 Å². The summed E-state index contributed by atoms with van der Waals surface area (Å²) in [5, 5.41) is 15.6. The van der Waals surface area contributed by atoms with Crippen molar-refractivity contribution in [3.63, 3.8) is 0 Å². The zero-order valence-electron chi connectivity index (χ0n) is 16.4. The molecule has 0 aliphatic heterocycles. The van der Waals surface area contributed by atoms with Crippen molar-refractivity contribution >= 4 is 23.6 Å². The minimum atomic E-state index is -0.227. The molecule has 3 heterocycles. The number of hydrogen-bond donors (Lipinski definition) is 1. The Bertz CT molecular complexity index is 1120. The van der Waals surface area contributed by atoms with Crippen LogP contribution in [-0.2, 0) is 11.3 Å². The van der Waals surface area contributed by atoms with Gasteiger partial charge in [0.15, 0.2) is 11.0 Å². The molecule has 0 fully saturated rings. The molecule has 1 amide bonds. The molecule has 0 spiro atoms. The largest absolute Gasteiger partial charge is 0.497 e. The third-order valence-corrected chi connectivity index (χ3v) is 5.15. The van der Waals surface area contributed by atoms with Crippen molar-refractivity contribution in [2.24, 2.45) is 0 Å². The molecule has 154 valence electrons. The number of amides is 1. The van der Waals surface area contributed by atoms with Crippen LogP contribution in [0.2, 0.25) is 0 Å². The van der Waals surface area contributed by atoms with Crippen molar-refractivity contribution in [2.45, 2.75) is 18.6 Å². The summed E-state index contributed by atoms with van der Waals surface area (Å²) in [6, 6.07) is 12.9. The second-order valence-corrected chi connectivity index (χ2v) is 7.31. The van der Waals surface area contributed by atoms with Crippen molar-refractivity contribution < 1.29 is 18.5 Å². The highest BCUT2D eigenvalue weighted by molar-refractivity contribution is 7.99. The fourth-order valence-electron chi connectivity index (χ4n) is 2.78. The maximum Gasteiger partial charge on any atom is 0.237 e. The van der Waals surface area contributed by atoms with E-state index in [2.05, 4.69) is 20.7 Å². The van der Waals surface area contributed by atoms with E-state index in [0.29, 0.717) is 29.1 Å². The molecular weight excluding hydrogens is 406 g/mol. The third-order valence-electron chi connectivity index (χ3n) is 4.18. The summed E-state index contributed by atoms with van der Waals surface area (Å²) in [6.45, 7) is 2.22. The molecule has 30 heavy (non-hydrogen) atoms. The first-order chi connectivity index (χ1) is 14.6. The van der Waals surface area contributed by atoms with Crippen LogP contribution in [0.4, 0.5) is 5.88 Å². The first kappa shape index (κ1) is 19.8. The Morgan fingerprint density at radius 2 is 2.07 bits per heavy atom. The molecule has 0 atom stereocenters. The zero-order chi connectivity index (χ0) is 20.9. The van der Waals surface area contributed by atoms with Crippen LogP contribution >= 0.6 is 11.8 Å². The van der Waals surface area contributed by atoms with E-state index >= 15 is 0 Å². The predicted molar refractivity (Wildman–Crippen MR) is 110 cm³/mol. The molecule has 0 bridgehead atoms. The topological polar surface area (TPSA) is 108 Å². The molecular formula is C20H19N5O4S. The maximum absolute atomic E-state index is 12.3. The van der Waals surface area contributed by atoms with Gasteiger partial charge in [0.05, 0.1) is 31.4 Å². The van der Waals surface area contributed by atoms with Gasteiger partial charge in [-0.15, -0.1) is 10.2 Å². The summed E-state index contributed by atoms with van der Waals surface area (Å²) in [4.78, 5) is 12.3. The number of carbonyl (C=O) groups is 1. The number of hydrogen-bond acceptors (Lipinski definition) is 8. The number of carbonyl (C=O) groups excluding carboxylic acids is 1. The van der Waals surface area contributed by atoms with Crippen molar-refractivity contribution in [1.82, 2.24) is 19.9 Å². The van der Waals surface area contributed by atoms with Gasteiger partial charge < -0.3 is 13.7 Å². The van der Waals surface area contributed by atoms with Crippen molar-refractivity contribution in [3.05, 3.63) is 60.2 Å².